The number of amides is 4. The lowest BCUT2D eigenvalue weighted by Crippen LogP contribution is -2.54. The van der Waals surface area contributed by atoms with Crippen LogP contribution in [-0.2, 0) is 22.4 Å². The molecule has 0 radical (unpaired) electrons. The number of nitrogens with zero attached hydrogens (tertiary/aromatic N) is 4. The summed E-state index contributed by atoms with van der Waals surface area (Å²) in [7, 11) is 0. The fourth-order valence-corrected chi connectivity index (χ4v) is 9.02. The van der Waals surface area contributed by atoms with E-state index in [0.717, 1.165) is 68.4 Å². The van der Waals surface area contributed by atoms with Crippen LogP contribution in [0.4, 0.5) is 15.3 Å². The van der Waals surface area contributed by atoms with E-state index in [-0.39, 0.29) is 30.2 Å². The minimum atomic E-state index is -1.03. The highest BCUT2D eigenvalue weighted by atomic mass is 79.9. The van der Waals surface area contributed by atoms with Crippen molar-refractivity contribution in [3.05, 3.63) is 56.5 Å². The van der Waals surface area contributed by atoms with Crippen LogP contribution < -0.4 is 5.32 Å². The van der Waals surface area contributed by atoms with E-state index in [4.69, 9.17) is 4.74 Å². The van der Waals surface area contributed by atoms with Gasteiger partial charge in [0.15, 0.2) is 6.10 Å². The Bertz CT molecular complexity index is 1500. The van der Waals surface area contributed by atoms with Crippen molar-refractivity contribution in [2.45, 2.75) is 88.5 Å². The molecule has 0 bridgehead atoms. The van der Waals surface area contributed by atoms with Crippen LogP contribution in [0.15, 0.2) is 45.3 Å². The Labute approximate surface area is 305 Å². The molecule has 6 rings (SSSR count). The van der Waals surface area contributed by atoms with Crippen molar-refractivity contribution < 1.29 is 29.3 Å². The van der Waals surface area contributed by atoms with E-state index in [1.54, 1.807) is 17.0 Å². The van der Waals surface area contributed by atoms with Crippen molar-refractivity contribution in [1.82, 2.24) is 19.6 Å². The average Bonchev–Trinajstić information content (AvgIpc) is 3.28. The molecular weight excluding hydrogens is 758 g/mol. The molecular formula is C36H47Br2N5O6. The number of halogens is 2. The van der Waals surface area contributed by atoms with E-state index in [9.17, 15) is 24.6 Å². The minimum absolute atomic E-state index is 0.000502. The topological polar surface area (TPSA) is 126 Å². The van der Waals surface area contributed by atoms with Crippen LogP contribution in [0.1, 0.15) is 63.0 Å². The van der Waals surface area contributed by atoms with Gasteiger partial charge in [-0.05, 0) is 113 Å². The number of carbonyl (C=O) groups is 3. The highest BCUT2D eigenvalue weighted by Crippen LogP contribution is 2.34. The molecule has 4 heterocycles. The number of carbonyl (C=O) groups excluding carboxylic acids is 3. The summed E-state index contributed by atoms with van der Waals surface area (Å²) in [6.45, 7) is 6.36. The first-order valence-corrected chi connectivity index (χ1v) is 19.2. The Morgan fingerprint density at radius 2 is 1.55 bits per heavy atom. The predicted octanol–water partition coefficient (Wildman–Crippen LogP) is 5.75. The second-order valence-electron chi connectivity index (χ2n) is 13.9. The van der Waals surface area contributed by atoms with Crippen LogP contribution in [0.25, 0.3) is 0 Å². The molecule has 4 aliphatic rings. The monoisotopic (exact) mass is 803 g/mol. The summed E-state index contributed by atoms with van der Waals surface area (Å²) < 4.78 is 6.99. The Kier molecular flexibility index (Phi) is 11.4. The number of aliphatic hydroxyl groups is 1. The molecule has 0 unspecified atom stereocenters. The van der Waals surface area contributed by atoms with Gasteiger partial charge < -0.3 is 39.9 Å². The van der Waals surface area contributed by atoms with E-state index in [0.29, 0.717) is 60.6 Å². The molecule has 266 valence electrons. The molecule has 13 heteroatoms. The zero-order valence-electron chi connectivity index (χ0n) is 28.1. The lowest BCUT2D eigenvalue weighted by Gasteiger charge is -2.44. The Morgan fingerprint density at radius 1 is 0.939 bits per heavy atom. The zero-order chi connectivity index (χ0) is 34.7. The van der Waals surface area contributed by atoms with Crippen molar-refractivity contribution >= 4 is 55.6 Å². The second kappa shape index (κ2) is 15.6. The molecule has 2 aromatic rings. The maximum atomic E-state index is 14.0. The Morgan fingerprint density at radius 3 is 2.20 bits per heavy atom. The van der Waals surface area contributed by atoms with Gasteiger partial charge in [0.25, 0.3) is 5.91 Å². The van der Waals surface area contributed by atoms with Crippen molar-refractivity contribution in [3.8, 4) is 5.75 Å². The van der Waals surface area contributed by atoms with Crippen molar-refractivity contribution in [3.63, 3.8) is 0 Å². The second-order valence-corrected chi connectivity index (χ2v) is 15.6. The van der Waals surface area contributed by atoms with Crippen LogP contribution >= 0.6 is 31.9 Å². The van der Waals surface area contributed by atoms with E-state index in [1.807, 2.05) is 41.0 Å². The number of aromatic hydroxyl groups is 1. The fourth-order valence-electron chi connectivity index (χ4n) is 7.74. The number of urea groups is 1. The van der Waals surface area contributed by atoms with Crippen LogP contribution in [0.3, 0.4) is 0 Å². The molecule has 4 amide bonds. The summed E-state index contributed by atoms with van der Waals surface area (Å²) >= 11 is 6.76. The highest BCUT2D eigenvalue weighted by molar-refractivity contribution is 9.11. The van der Waals surface area contributed by atoms with Gasteiger partial charge in [-0.25, -0.2) is 9.59 Å². The number of para-hydroxylation sites is 1. The number of hydrogen-bond donors (Lipinski definition) is 3. The van der Waals surface area contributed by atoms with Crippen molar-refractivity contribution in [2.24, 2.45) is 0 Å². The lowest BCUT2D eigenvalue weighted by atomic mass is 9.87. The SMILES string of the molecule is CCC1(O)CCN(C2CCN(C(=O)[C@@H](Cc3cc(Br)c(O)c(Br)c3)OC(=O)N3CCC(N4CCc5ccccc5NC4=O)CC3)CC2)CC1. The molecule has 0 aliphatic carbocycles. The summed E-state index contributed by atoms with van der Waals surface area (Å²) in [5.41, 5.74) is 2.13. The van der Waals surface area contributed by atoms with E-state index in [2.05, 4.69) is 42.1 Å². The minimum Gasteiger partial charge on any atom is -0.506 e. The predicted molar refractivity (Wildman–Crippen MR) is 194 cm³/mol. The van der Waals surface area contributed by atoms with Gasteiger partial charge in [-0.1, -0.05) is 25.1 Å². The molecule has 3 N–H and O–H groups in total. The molecule has 49 heavy (non-hydrogen) atoms. The summed E-state index contributed by atoms with van der Waals surface area (Å²) in [6, 6.07) is 11.6. The number of hydrogen-bond acceptors (Lipinski definition) is 7. The average molecular weight is 806 g/mol. The quantitative estimate of drug-likeness (QED) is 0.326. The first kappa shape index (κ1) is 35.9. The van der Waals surface area contributed by atoms with Crippen molar-refractivity contribution in [1.29, 1.82) is 0 Å². The zero-order valence-corrected chi connectivity index (χ0v) is 31.3. The molecule has 0 aromatic heterocycles. The van der Waals surface area contributed by atoms with Crippen LogP contribution in [0.5, 0.6) is 5.75 Å². The van der Waals surface area contributed by atoms with Gasteiger partial charge in [0.1, 0.15) is 5.75 Å². The van der Waals surface area contributed by atoms with Crippen LogP contribution in [-0.4, -0.2) is 117 Å². The van der Waals surface area contributed by atoms with Gasteiger partial charge in [0.2, 0.25) is 0 Å². The molecule has 11 nitrogen and oxygen atoms in total. The smallest absolute Gasteiger partial charge is 0.410 e. The number of phenols is 1. The van der Waals surface area contributed by atoms with Gasteiger partial charge in [-0.3, -0.25) is 4.79 Å². The first-order chi connectivity index (χ1) is 23.5. The Balaban J connectivity index is 1.07. The Hall–Kier alpha value is -2.87. The van der Waals surface area contributed by atoms with Gasteiger partial charge in [0, 0.05) is 70.0 Å². The summed E-state index contributed by atoms with van der Waals surface area (Å²) in [6.07, 6.45) is 4.57. The van der Waals surface area contributed by atoms with Gasteiger partial charge in [-0.15, -0.1) is 0 Å². The third-order valence-electron chi connectivity index (χ3n) is 11.0. The normalized spacial score (nSPS) is 21.5. The number of rotatable bonds is 7. The molecule has 3 fully saturated rings. The largest absolute Gasteiger partial charge is 0.506 e. The maximum absolute atomic E-state index is 14.0. The third-order valence-corrected chi connectivity index (χ3v) is 12.2. The maximum Gasteiger partial charge on any atom is 0.410 e. The standard InChI is InChI=1S/C36H47Br2N5O6/c1-2-36(48)12-19-40(20-13-36)26-8-14-41(15-9-26)33(45)31(23-24-21-28(37)32(44)29(38)22-24)49-35(47)42-16-10-27(11-17-42)43-18-7-25-5-3-4-6-30(25)39-34(43)46/h3-6,21-22,26-27,31,44,48H,2,7-20,23H2,1H3,(H,39,46)/t31-/m1/s1. The van der Waals surface area contributed by atoms with Gasteiger partial charge in [0.05, 0.1) is 14.5 Å². The number of anilines is 1. The van der Waals surface area contributed by atoms with Gasteiger partial charge >= 0.3 is 12.1 Å². The number of likely N-dealkylation sites (tertiary alicyclic amines) is 3. The number of nitrogens with one attached hydrogen (secondary N) is 1. The lowest BCUT2D eigenvalue weighted by molar-refractivity contribution is -0.142. The van der Waals surface area contributed by atoms with Gasteiger partial charge in [-0.2, -0.15) is 0 Å². The highest BCUT2D eigenvalue weighted by Gasteiger charge is 2.38. The molecule has 2 aromatic carbocycles. The third kappa shape index (κ3) is 8.37. The number of fused-ring (bicyclic) bond motifs is 1. The first-order valence-electron chi connectivity index (χ1n) is 17.6. The molecule has 0 spiro atoms. The molecule has 0 saturated carbocycles. The van der Waals surface area contributed by atoms with E-state index in [1.165, 1.54) is 0 Å². The van der Waals surface area contributed by atoms with Crippen LogP contribution in [0, 0.1) is 0 Å². The summed E-state index contributed by atoms with van der Waals surface area (Å²) in [5, 5.41) is 24.0. The fraction of sp³-hybridized carbons (Fsp3) is 0.583. The number of phenolic OH excluding ortho intramolecular Hbond substituents is 1. The number of ether oxygens (including phenoxy) is 1. The number of piperidine rings is 3. The molecule has 1 atom stereocenters. The number of benzene rings is 2. The molecule has 3 saturated heterocycles. The van der Waals surface area contributed by atoms with E-state index < -0.39 is 17.8 Å². The van der Waals surface area contributed by atoms with Crippen LogP contribution in [0.2, 0.25) is 0 Å². The summed E-state index contributed by atoms with van der Waals surface area (Å²) in [4.78, 5) is 48.5. The summed E-state index contributed by atoms with van der Waals surface area (Å²) in [5.74, 6) is -0.160. The van der Waals surface area contributed by atoms with Crippen molar-refractivity contribution in [2.75, 3.05) is 51.1 Å². The molecule has 4 aliphatic heterocycles. The van der Waals surface area contributed by atoms with E-state index >= 15 is 0 Å².